The van der Waals surface area contributed by atoms with Crippen LogP contribution in [-0.2, 0) is 6.54 Å². The first-order valence-corrected chi connectivity index (χ1v) is 8.90. The minimum Gasteiger partial charge on any atom is -0.497 e. The molecule has 0 spiro atoms. The molecule has 1 fully saturated rings. The van der Waals surface area contributed by atoms with Gasteiger partial charge in [-0.15, -0.1) is 0 Å². The molecule has 3 rings (SSSR count). The van der Waals surface area contributed by atoms with E-state index in [1.54, 1.807) is 7.11 Å². The maximum atomic E-state index is 5.27. The molecule has 2 nitrogen and oxygen atoms in total. The standard InChI is InChI=1S/C18H23NOS/c1-20-17-7-5-14-9-13(3-4-15(14)10-17)12-19-16-6-8-18(11-16)21-2/h3-5,7,9-10,16,18-19H,6,8,11-12H2,1-2H3. The van der Waals surface area contributed by atoms with Crippen LogP contribution in [-0.4, -0.2) is 24.7 Å². The quantitative estimate of drug-likeness (QED) is 0.893. The van der Waals surface area contributed by atoms with Crippen LogP contribution >= 0.6 is 11.8 Å². The molecule has 1 aliphatic carbocycles. The number of thioether (sulfide) groups is 1. The average molecular weight is 301 g/mol. The van der Waals surface area contributed by atoms with E-state index in [2.05, 4.69) is 41.9 Å². The molecule has 2 aromatic carbocycles. The Balaban J connectivity index is 1.65. The van der Waals surface area contributed by atoms with Gasteiger partial charge in [-0.2, -0.15) is 11.8 Å². The van der Waals surface area contributed by atoms with Crippen LogP contribution in [0.2, 0.25) is 0 Å². The largest absolute Gasteiger partial charge is 0.497 e. The summed E-state index contributed by atoms with van der Waals surface area (Å²) in [5.74, 6) is 0.919. The lowest BCUT2D eigenvalue weighted by molar-refractivity contribution is 0.415. The van der Waals surface area contributed by atoms with Crippen LogP contribution in [0.15, 0.2) is 36.4 Å². The van der Waals surface area contributed by atoms with Crippen LogP contribution < -0.4 is 10.1 Å². The Kier molecular flexibility index (Phi) is 4.71. The molecule has 0 saturated heterocycles. The third-order valence-electron chi connectivity index (χ3n) is 4.42. The Hall–Kier alpha value is -1.19. The molecule has 2 atom stereocenters. The van der Waals surface area contributed by atoms with Gasteiger partial charge in [0.25, 0.3) is 0 Å². The minimum absolute atomic E-state index is 0.689. The molecule has 1 aliphatic rings. The fourth-order valence-corrected chi connectivity index (χ4v) is 3.91. The lowest BCUT2D eigenvalue weighted by atomic mass is 10.1. The summed E-state index contributed by atoms with van der Waals surface area (Å²) in [7, 11) is 1.71. The molecule has 0 amide bonds. The third kappa shape index (κ3) is 3.53. The summed E-state index contributed by atoms with van der Waals surface area (Å²) in [6.45, 7) is 0.966. The van der Waals surface area contributed by atoms with Crippen molar-refractivity contribution in [2.45, 2.75) is 37.1 Å². The highest BCUT2D eigenvalue weighted by atomic mass is 32.2. The summed E-state index contributed by atoms with van der Waals surface area (Å²) in [6, 6.07) is 13.6. The Morgan fingerprint density at radius 2 is 1.95 bits per heavy atom. The summed E-state index contributed by atoms with van der Waals surface area (Å²) in [5, 5.41) is 7.08. The van der Waals surface area contributed by atoms with Gasteiger partial charge in [0.1, 0.15) is 5.75 Å². The van der Waals surface area contributed by atoms with Gasteiger partial charge in [0.2, 0.25) is 0 Å². The summed E-state index contributed by atoms with van der Waals surface area (Å²) < 4.78 is 5.27. The van der Waals surface area contributed by atoms with E-state index in [4.69, 9.17) is 4.74 Å². The molecule has 0 bridgehead atoms. The highest BCUT2D eigenvalue weighted by Gasteiger charge is 2.23. The van der Waals surface area contributed by atoms with Crippen molar-refractivity contribution in [3.05, 3.63) is 42.0 Å². The molecule has 3 heteroatoms. The molecule has 0 aliphatic heterocycles. The highest BCUT2D eigenvalue weighted by molar-refractivity contribution is 7.99. The first-order chi connectivity index (χ1) is 10.3. The van der Waals surface area contributed by atoms with Crippen molar-refractivity contribution in [1.82, 2.24) is 5.32 Å². The molecule has 2 unspecified atom stereocenters. The van der Waals surface area contributed by atoms with Gasteiger partial charge in [0.05, 0.1) is 7.11 Å². The normalized spacial score (nSPS) is 21.8. The zero-order chi connectivity index (χ0) is 14.7. The number of nitrogens with one attached hydrogen (secondary N) is 1. The zero-order valence-electron chi connectivity index (χ0n) is 12.8. The van der Waals surface area contributed by atoms with Crippen LogP contribution in [0.3, 0.4) is 0 Å². The van der Waals surface area contributed by atoms with Crippen molar-refractivity contribution >= 4 is 22.5 Å². The average Bonchev–Trinajstić information content (AvgIpc) is 3.00. The Morgan fingerprint density at radius 1 is 1.14 bits per heavy atom. The molecule has 0 heterocycles. The molecular formula is C18H23NOS. The van der Waals surface area contributed by atoms with E-state index in [0.717, 1.165) is 17.5 Å². The predicted octanol–water partition coefficient (Wildman–Crippen LogP) is 4.22. The minimum atomic E-state index is 0.689. The third-order valence-corrected chi connectivity index (χ3v) is 5.52. The van der Waals surface area contributed by atoms with Crippen LogP contribution in [0.4, 0.5) is 0 Å². The molecule has 2 aromatic rings. The van der Waals surface area contributed by atoms with E-state index >= 15 is 0 Å². The van der Waals surface area contributed by atoms with Crippen molar-refractivity contribution < 1.29 is 4.74 Å². The van der Waals surface area contributed by atoms with Gasteiger partial charge in [0.15, 0.2) is 0 Å². The molecule has 0 radical (unpaired) electrons. The van der Waals surface area contributed by atoms with Gasteiger partial charge in [-0.1, -0.05) is 18.2 Å². The second-order valence-electron chi connectivity index (χ2n) is 5.80. The van der Waals surface area contributed by atoms with Crippen LogP contribution in [0.25, 0.3) is 10.8 Å². The number of benzene rings is 2. The molecule has 112 valence electrons. The Bertz CT molecular complexity index is 613. The van der Waals surface area contributed by atoms with Crippen molar-refractivity contribution in [3.63, 3.8) is 0 Å². The summed E-state index contributed by atoms with van der Waals surface area (Å²) >= 11 is 2.01. The lowest BCUT2D eigenvalue weighted by Gasteiger charge is -2.13. The van der Waals surface area contributed by atoms with E-state index in [1.807, 2.05) is 17.8 Å². The van der Waals surface area contributed by atoms with Crippen molar-refractivity contribution in [2.24, 2.45) is 0 Å². The van der Waals surface area contributed by atoms with Crippen molar-refractivity contribution in [1.29, 1.82) is 0 Å². The zero-order valence-corrected chi connectivity index (χ0v) is 13.6. The number of fused-ring (bicyclic) bond motifs is 1. The first-order valence-electron chi connectivity index (χ1n) is 7.61. The first kappa shape index (κ1) is 14.7. The van der Waals surface area contributed by atoms with Crippen LogP contribution in [0.1, 0.15) is 24.8 Å². The monoisotopic (exact) mass is 301 g/mol. The molecule has 21 heavy (non-hydrogen) atoms. The smallest absolute Gasteiger partial charge is 0.119 e. The predicted molar refractivity (Wildman–Crippen MR) is 92.3 cm³/mol. The van der Waals surface area contributed by atoms with Crippen molar-refractivity contribution in [3.8, 4) is 5.75 Å². The van der Waals surface area contributed by atoms with Gasteiger partial charge < -0.3 is 10.1 Å². The fraction of sp³-hybridized carbons (Fsp3) is 0.444. The number of rotatable bonds is 5. The fourth-order valence-electron chi connectivity index (χ4n) is 3.11. The van der Waals surface area contributed by atoms with Crippen molar-refractivity contribution in [2.75, 3.05) is 13.4 Å². The molecular weight excluding hydrogens is 278 g/mol. The highest BCUT2D eigenvalue weighted by Crippen LogP contribution is 2.28. The second-order valence-corrected chi connectivity index (χ2v) is 6.93. The van der Waals surface area contributed by atoms with Gasteiger partial charge in [0, 0.05) is 17.8 Å². The second kappa shape index (κ2) is 6.71. The Labute approximate surface area is 131 Å². The Morgan fingerprint density at radius 3 is 2.71 bits per heavy atom. The van der Waals surface area contributed by atoms with E-state index in [1.165, 1.54) is 35.6 Å². The topological polar surface area (TPSA) is 21.3 Å². The number of methoxy groups -OCH3 is 1. The van der Waals surface area contributed by atoms with E-state index in [-0.39, 0.29) is 0 Å². The van der Waals surface area contributed by atoms with Crippen LogP contribution in [0, 0.1) is 0 Å². The van der Waals surface area contributed by atoms with Gasteiger partial charge in [-0.3, -0.25) is 0 Å². The van der Waals surface area contributed by atoms with Gasteiger partial charge in [-0.25, -0.2) is 0 Å². The van der Waals surface area contributed by atoms with E-state index in [9.17, 15) is 0 Å². The molecule has 1 N–H and O–H groups in total. The van der Waals surface area contributed by atoms with Gasteiger partial charge >= 0.3 is 0 Å². The summed E-state index contributed by atoms with van der Waals surface area (Å²) in [6.07, 6.45) is 6.21. The number of hydrogen-bond acceptors (Lipinski definition) is 3. The number of ether oxygens (including phenoxy) is 1. The summed E-state index contributed by atoms with van der Waals surface area (Å²) in [4.78, 5) is 0. The maximum Gasteiger partial charge on any atom is 0.119 e. The molecule has 0 aromatic heterocycles. The molecule has 1 saturated carbocycles. The van der Waals surface area contributed by atoms with Gasteiger partial charge in [-0.05, 0) is 60.1 Å². The van der Waals surface area contributed by atoms with E-state index < -0.39 is 0 Å². The van der Waals surface area contributed by atoms with Crippen LogP contribution in [0.5, 0.6) is 5.75 Å². The summed E-state index contributed by atoms with van der Waals surface area (Å²) in [5.41, 5.74) is 1.36. The lowest BCUT2D eigenvalue weighted by Crippen LogP contribution is -2.26. The van der Waals surface area contributed by atoms with E-state index in [0.29, 0.717) is 6.04 Å². The maximum absolute atomic E-state index is 5.27. The number of hydrogen-bond donors (Lipinski definition) is 1. The SMILES string of the molecule is COc1ccc2cc(CNC3CCC(SC)C3)ccc2c1.